The Kier molecular flexibility index (Phi) is 8.97. The van der Waals surface area contributed by atoms with Gasteiger partial charge in [0.05, 0.1) is 36.3 Å². The molecule has 1 atom stereocenters. The quantitative estimate of drug-likeness (QED) is 0.327. The predicted octanol–water partition coefficient (Wildman–Crippen LogP) is 6.86. The van der Waals surface area contributed by atoms with Crippen molar-refractivity contribution in [2.24, 2.45) is 0 Å². The van der Waals surface area contributed by atoms with Gasteiger partial charge in [-0.15, -0.1) is 0 Å². The van der Waals surface area contributed by atoms with Crippen LogP contribution in [0.1, 0.15) is 62.4 Å². The van der Waals surface area contributed by atoms with Gasteiger partial charge in [0, 0.05) is 16.1 Å². The zero-order chi connectivity index (χ0) is 27.4. The smallest absolute Gasteiger partial charge is 0.419 e. The van der Waals surface area contributed by atoms with Crippen LogP contribution in [-0.2, 0) is 20.4 Å². The van der Waals surface area contributed by atoms with Crippen LogP contribution in [0.2, 0.25) is 5.02 Å². The van der Waals surface area contributed by atoms with Crippen LogP contribution in [0.4, 0.5) is 22.4 Å². The largest absolute Gasteiger partial charge is 0.466 e. The maximum Gasteiger partial charge on any atom is 0.419 e. The molecule has 0 aromatic heterocycles. The molecule has 2 aromatic carbocycles. The van der Waals surface area contributed by atoms with E-state index in [2.05, 4.69) is 5.32 Å². The summed E-state index contributed by atoms with van der Waals surface area (Å²) in [6.07, 6.45) is -6.84. The SMILES string of the molecule is CCOC(=O)C[C@H](NC(=O)OC(C)(C)C)c1cc(-c2c(C)cc(C#N)cc2Cl)cc(C(F)(F)F)c1F. The number of carbonyl (C=O) groups excluding carboxylic acids is 2. The first kappa shape index (κ1) is 28.9. The third kappa shape index (κ3) is 7.34. The minimum atomic E-state index is -5.11. The third-order valence-corrected chi connectivity index (χ3v) is 5.15. The Hall–Kier alpha value is -3.32. The molecular weight excluding hydrogens is 504 g/mol. The van der Waals surface area contributed by atoms with Crippen LogP contribution in [0, 0.1) is 24.1 Å². The van der Waals surface area contributed by atoms with E-state index in [1.807, 2.05) is 6.07 Å². The Labute approximate surface area is 211 Å². The van der Waals surface area contributed by atoms with E-state index in [0.717, 1.165) is 6.07 Å². The van der Waals surface area contributed by atoms with E-state index in [1.165, 1.54) is 26.0 Å². The van der Waals surface area contributed by atoms with E-state index < -0.39 is 53.2 Å². The van der Waals surface area contributed by atoms with Crippen LogP contribution in [0.15, 0.2) is 24.3 Å². The lowest BCUT2D eigenvalue weighted by Crippen LogP contribution is -2.36. The van der Waals surface area contributed by atoms with Gasteiger partial charge in [-0.1, -0.05) is 11.6 Å². The summed E-state index contributed by atoms with van der Waals surface area (Å²) in [6, 6.07) is 4.70. The van der Waals surface area contributed by atoms with E-state index in [-0.39, 0.29) is 28.3 Å². The van der Waals surface area contributed by atoms with E-state index >= 15 is 4.39 Å². The molecule has 0 aliphatic rings. The number of benzene rings is 2. The highest BCUT2D eigenvalue weighted by Crippen LogP contribution is 2.41. The molecule has 0 aliphatic heterocycles. The first-order valence-corrected chi connectivity index (χ1v) is 11.2. The third-order valence-electron chi connectivity index (χ3n) is 4.85. The Bertz CT molecular complexity index is 1180. The van der Waals surface area contributed by atoms with Crippen molar-refractivity contribution < 1.29 is 36.6 Å². The normalized spacial score (nSPS) is 12.5. The van der Waals surface area contributed by atoms with Crippen molar-refractivity contribution in [1.29, 1.82) is 5.26 Å². The number of nitrogens with one attached hydrogen (secondary N) is 1. The van der Waals surface area contributed by atoms with Crippen LogP contribution >= 0.6 is 11.6 Å². The second-order valence-corrected chi connectivity index (χ2v) is 9.30. The van der Waals surface area contributed by atoms with E-state index in [9.17, 15) is 22.8 Å². The lowest BCUT2D eigenvalue weighted by molar-refractivity contribution is -0.143. The number of nitriles is 1. The number of nitrogens with zero attached hydrogens (tertiary/aromatic N) is 1. The van der Waals surface area contributed by atoms with Gasteiger partial charge in [0.2, 0.25) is 0 Å². The van der Waals surface area contributed by atoms with Gasteiger partial charge in [-0.3, -0.25) is 4.79 Å². The summed E-state index contributed by atoms with van der Waals surface area (Å²) in [5, 5.41) is 11.4. The standard InChI is InChI=1S/C25H25ClF4N2O4/c1-6-35-20(33)11-19(32-23(34)36-24(3,4)5)16-9-15(10-17(22(16)27)25(28,29)30)21-13(2)7-14(12-31)8-18(21)26/h7-10,19H,6,11H2,1-5H3,(H,32,34)/t19-/m0/s1. The minimum Gasteiger partial charge on any atom is -0.466 e. The average Bonchev–Trinajstić information content (AvgIpc) is 2.71. The van der Waals surface area contributed by atoms with Crippen LogP contribution in [0.25, 0.3) is 11.1 Å². The second kappa shape index (κ2) is 11.2. The zero-order valence-electron chi connectivity index (χ0n) is 20.3. The molecule has 0 radical (unpaired) electrons. The Morgan fingerprint density at radius 3 is 2.31 bits per heavy atom. The molecule has 0 spiro atoms. The molecule has 1 amide bonds. The molecule has 0 fully saturated rings. The fourth-order valence-electron chi connectivity index (χ4n) is 3.50. The number of ether oxygens (including phenoxy) is 2. The topological polar surface area (TPSA) is 88.4 Å². The molecule has 2 aromatic rings. The molecule has 0 aliphatic carbocycles. The van der Waals surface area contributed by atoms with Gasteiger partial charge in [-0.05, 0) is 70.0 Å². The Morgan fingerprint density at radius 2 is 1.81 bits per heavy atom. The van der Waals surface area contributed by atoms with Gasteiger partial charge in [-0.25, -0.2) is 9.18 Å². The summed E-state index contributed by atoms with van der Waals surface area (Å²) >= 11 is 6.28. The molecule has 2 rings (SSSR count). The van der Waals surface area contributed by atoms with Gasteiger partial charge in [0.15, 0.2) is 0 Å². The monoisotopic (exact) mass is 528 g/mol. The number of halogens is 5. The highest BCUT2D eigenvalue weighted by molar-refractivity contribution is 6.33. The maximum atomic E-state index is 15.3. The van der Waals surface area contributed by atoms with Crippen molar-refractivity contribution in [2.75, 3.05) is 6.61 Å². The summed E-state index contributed by atoms with van der Waals surface area (Å²) in [6.45, 7) is 7.71. The van der Waals surface area contributed by atoms with E-state index in [0.29, 0.717) is 11.6 Å². The van der Waals surface area contributed by atoms with Crippen molar-refractivity contribution in [3.63, 3.8) is 0 Å². The molecule has 0 bridgehead atoms. The average molecular weight is 529 g/mol. The highest BCUT2D eigenvalue weighted by atomic mass is 35.5. The van der Waals surface area contributed by atoms with Crippen molar-refractivity contribution in [3.8, 4) is 17.2 Å². The van der Waals surface area contributed by atoms with Crippen molar-refractivity contribution in [3.05, 3.63) is 57.4 Å². The Morgan fingerprint density at radius 1 is 1.17 bits per heavy atom. The number of rotatable bonds is 6. The summed E-state index contributed by atoms with van der Waals surface area (Å²) in [5.74, 6) is -2.54. The van der Waals surface area contributed by atoms with Crippen molar-refractivity contribution >= 4 is 23.7 Å². The zero-order valence-corrected chi connectivity index (χ0v) is 21.0. The number of carbonyl (C=O) groups is 2. The number of alkyl halides is 3. The van der Waals surface area contributed by atoms with E-state index in [4.69, 9.17) is 26.3 Å². The van der Waals surface area contributed by atoms with Crippen molar-refractivity contribution in [1.82, 2.24) is 5.32 Å². The minimum absolute atomic E-state index is 0.0284. The predicted molar refractivity (Wildman–Crippen MR) is 125 cm³/mol. The van der Waals surface area contributed by atoms with Crippen LogP contribution in [-0.4, -0.2) is 24.3 Å². The summed E-state index contributed by atoms with van der Waals surface area (Å²) in [4.78, 5) is 24.6. The van der Waals surface area contributed by atoms with Gasteiger partial charge in [-0.2, -0.15) is 18.4 Å². The van der Waals surface area contributed by atoms with Gasteiger partial charge in [0.25, 0.3) is 0 Å². The van der Waals surface area contributed by atoms with Gasteiger partial charge in [0.1, 0.15) is 11.4 Å². The van der Waals surface area contributed by atoms with Crippen LogP contribution < -0.4 is 5.32 Å². The van der Waals surface area contributed by atoms with Crippen molar-refractivity contribution in [2.45, 2.75) is 58.9 Å². The number of alkyl carbamates (subject to hydrolysis) is 1. The molecule has 0 saturated carbocycles. The number of aryl methyl sites for hydroxylation is 1. The number of hydrogen-bond acceptors (Lipinski definition) is 5. The molecule has 1 N–H and O–H groups in total. The summed E-state index contributed by atoms with van der Waals surface area (Å²) < 4.78 is 66.9. The molecule has 36 heavy (non-hydrogen) atoms. The molecular formula is C25H25ClF4N2O4. The fraction of sp³-hybridized carbons (Fsp3) is 0.400. The number of amides is 1. The number of hydrogen-bond donors (Lipinski definition) is 1. The molecule has 6 nitrogen and oxygen atoms in total. The summed E-state index contributed by atoms with van der Waals surface area (Å²) in [7, 11) is 0. The second-order valence-electron chi connectivity index (χ2n) is 8.89. The fourth-order valence-corrected chi connectivity index (χ4v) is 3.88. The number of esters is 1. The first-order chi connectivity index (χ1) is 16.6. The highest BCUT2D eigenvalue weighted by Gasteiger charge is 2.38. The lowest BCUT2D eigenvalue weighted by Gasteiger charge is -2.25. The van der Waals surface area contributed by atoms with Gasteiger partial charge >= 0.3 is 18.2 Å². The summed E-state index contributed by atoms with van der Waals surface area (Å²) in [5.41, 5.74) is -2.63. The van der Waals surface area contributed by atoms with Crippen LogP contribution in [0.3, 0.4) is 0 Å². The molecule has 0 saturated heterocycles. The first-order valence-electron chi connectivity index (χ1n) is 10.8. The molecule has 11 heteroatoms. The Balaban J connectivity index is 2.77. The maximum absolute atomic E-state index is 15.3. The van der Waals surface area contributed by atoms with Crippen LogP contribution in [0.5, 0.6) is 0 Å². The molecule has 194 valence electrons. The molecule has 0 heterocycles. The molecule has 0 unspecified atom stereocenters. The lowest BCUT2D eigenvalue weighted by atomic mass is 9.91. The van der Waals surface area contributed by atoms with Gasteiger partial charge < -0.3 is 14.8 Å². The van der Waals surface area contributed by atoms with E-state index in [1.54, 1.807) is 20.8 Å².